The normalized spacial score (nSPS) is 16.4. The van der Waals surface area contributed by atoms with Crippen molar-refractivity contribution in [3.8, 4) is 6.07 Å². The highest BCUT2D eigenvalue weighted by molar-refractivity contribution is 5.96. The van der Waals surface area contributed by atoms with E-state index in [1.165, 1.54) is 11.1 Å². The van der Waals surface area contributed by atoms with Crippen LogP contribution in [0.15, 0.2) is 30.3 Å². The maximum atomic E-state index is 11.9. The lowest BCUT2D eigenvalue weighted by molar-refractivity contribution is 0.111. The SMILES string of the molecule is Cc1cc(C)c2c(C#N)c(C=O)n(C3CCCc4ccccc43)c2n1. The summed E-state index contributed by atoms with van der Waals surface area (Å²) in [5.74, 6) is 0. The minimum Gasteiger partial charge on any atom is -0.314 e. The molecule has 1 atom stereocenters. The number of aromatic nitrogens is 2. The third-order valence-corrected chi connectivity index (χ3v) is 5.19. The second-order valence-corrected chi connectivity index (χ2v) is 6.75. The van der Waals surface area contributed by atoms with Crippen LogP contribution in [0.4, 0.5) is 0 Å². The van der Waals surface area contributed by atoms with E-state index < -0.39 is 0 Å². The molecule has 2 heterocycles. The number of nitrogens with zero attached hydrogens (tertiary/aromatic N) is 3. The van der Waals surface area contributed by atoms with E-state index in [0.29, 0.717) is 11.3 Å². The summed E-state index contributed by atoms with van der Waals surface area (Å²) < 4.78 is 2.00. The minimum atomic E-state index is 0.0449. The predicted octanol–water partition coefficient (Wildman–Crippen LogP) is 4.26. The molecule has 1 aliphatic carbocycles. The van der Waals surface area contributed by atoms with Crippen LogP contribution in [0.3, 0.4) is 0 Å². The molecule has 0 fully saturated rings. The Morgan fingerprint density at radius 1 is 1.32 bits per heavy atom. The van der Waals surface area contributed by atoms with Crippen molar-refractivity contribution in [1.29, 1.82) is 5.26 Å². The third-order valence-electron chi connectivity index (χ3n) is 5.19. The summed E-state index contributed by atoms with van der Waals surface area (Å²) in [6, 6.07) is 12.6. The van der Waals surface area contributed by atoms with Crippen LogP contribution >= 0.6 is 0 Å². The first kappa shape index (κ1) is 15.6. The summed E-state index contributed by atoms with van der Waals surface area (Å²) in [5.41, 5.74) is 6.08. The maximum Gasteiger partial charge on any atom is 0.167 e. The molecule has 2 aromatic heterocycles. The minimum absolute atomic E-state index is 0.0449. The van der Waals surface area contributed by atoms with Crippen LogP contribution in [-0.2, 0) is 6.42 Å². The number of carbonyl (C=O) groups excluding carboxylic acids is 1. The van der Waals surface area contributed by atoms with Gasteiger partial charge in [-0.1, -0.05) is 24.3 Å². The van der Waals surface area contributed by atoms with Gasteiger partial charge in [0.1, 0.15) is 17.4 Å². The summed E-state index contributed by atoms with van der Waals surface area (Å²) in [5, 5.41) is 10.5. The van der Waals surface area contributed by atoms with Crippen LogP contribution in [0.2, 0.25) is 0 Å². The van der Waals surface area contributed by atoms with Gasteiger partial charge in [-0.05, 0) is 55.9 Å². The first-order valence-corrected chi connectivity index (χ1v) is 8.61. The van der Waals surface area contributed by atoms with Crippen molar-refractivity contribution in [2.75, 3.05) is 0 Å². The average molecular weight is 329 g/mol. The zero-order chi connectivity index (χ0) is 17.6. The smallest absolute Gasteiger partial charge is 0.167 e. The Morgan fingerprint density at radius 3 is 2.88 bits per heavy atom. The molecule has 0 saturated heterocycles. The van der Waals surface area contributed by atoms with Gasteiger partial charge in [-0.3, -0.25) is 4.79 Å². The monoisotopic (exact) mass is 329 g/mol. The van der Waals surface area contributed by atoms with Crippen molar-refractivity contribution in [2.24, 2.45) is 0 Å². The van der Waals surface area contributed by atoms with Crippen molar-refractivity contribution in [3.63, 3.8) is 0 Å². The van der Waals surface area contributed by atoms with Crippen LogP contribution in [0.5, 0.6) is 0 Å². The molecule has 0 amide bonds. The Kier molecular flexibility index (Phi) is 3.65. The largest absolute Gasteiger partial charge is 0.314 e. The van der Waals surface area contributed by atoms with E-state index in [4.69, 9.17) is 4.98 Å². The molecule has 0 radical (unpaired) electrons. The molecule has 0 spiro atoms. The molecule has 124 valence electrons. The standard InChI is InChI=1S/C21H19N3O/c1-13-10-14(2)23-21-20(13)17(11-22)19(12-25)24(21)18-9-5-7-15-6-3-4-8-16(15)18/h3-4,6,8,10,12,18H,5,7,9H2,1-2H3. The second-order valence-electron chi connectivity index (χ2n) is 6.75. The zero-order valence-electron chi connectivity index (χ0n) is 14.4. The van der Waals surface area contributed by atoms with Gasteiger partial charge in [-0.2, -0.15) is 5.26 Å². The van der Waals surface area contributed by atoms with Crippen molar-refractivity contribution < 1.29 is 4.79 Å². The van der Waals surface area contributed by atoms with E-state index in [1.807, 2.05) is 30.5 Å². The van der Waals surface area contributed by atoms with Gasteiger partial charge < -0.3 is 4.57 Å². The van der Waals surface area contributed by atoms with Gasteiger partial charge in [0.05, 0.1) is 11.6 Å². The lowest BCUT2D eigenvalue weighted by atomic mass is 9.87. The summed E-state index contributed by atoms with van der Waals surface area (Å²) in [6.45, 7) is 3.93. The van der Waals surface area contributed by atoms with Gasteiger partial charge in [0.2, 0.25) is 0 Å². The number of benzene rings is 1. The quantitative estimate of drug-likeness (QED) is 0.660. The van der Waals surface area contributed by atoms with E-state index in [-0.39, 0.29) is 6.04 Å². The predicted molar refractivity (Wildman–Crippen MR) is 96.8 cm³/mol. The van der Waals surface area contributed by atoms with Gasteiger partial charge in [-0.25, -0.2) is 4.98 Å². The molecule has 0 bridgehead atoms. The fraction of sp³-hybridized carbons (Fsp3) is 0.286. The van der Waals surface area contributed by atoms with Crippen molar-refractivity contribution in [1.82, 2.24) is 9.55 Å². The molecule has 3 aromatic rings. The number of aldehydes is 1. The molecule has 25 heavy (non-hydrogen) atoms. The van der Waals surface area contributed by atoms with Crippen LogP contribution in [0, 0.1) is 25.2 Å². The average Bonchev–Trinajstić information content (AvgIpc) is 2.94. The van der Waals surface area contributed by atoms with Gasteiger partial charge in [-0.15, -0.1) is 0 Å². The van der Waals surface area contributed by atoms with E-state index in [1.54, 1.807) is 0 Å². The molecular weight excluding hydrogens is 310 g/mol. The number of fused-ring (bicyclic) bond motifs is 2. The fourth-order valence-corrected chi connectivity index (χ4v) is 4.20. The highest BCUT2D eigenvalue weighted by Crippen LogP contribution is 2.38. The first-order valence-electron chi connectivity index (χ1n) is 8.61. The lowest BCUT2D eigenvalue weighted by Crippen LogP contribution is -2.19. The number of aryl methyl sites for hydroxylation is 3. The van der Waals surface area contributed by atoms with Crippen molar-refractivity contribution in [3.05, 3.63) is 64.0 Å². The molecule has 4 heteroatoms. The van der Waals surface area contributed by atoms with Crippen LogP contribution < -0.4 is 0 Å². The van der Waals surface area contributed by atoms with E-state index >= 15 is 0 Å². The van der Waals surface area contributed by atoms with E-state index in [0.717, 1.165) is 47.8 Å². The number of hydrogen-bond donors (Lipinski definition) is 0. The summed E-state index contributed by atoms with van der Waals surface area (Å²) in [6.07, 6.45) is 3.87. The Labute approximate surface area is 146 Å². The van der Waals surface area contributed by atoms with Crippen LogP contribution in [0.25, 0.3) is 11.0 Å². The maximum absolute atomic E-state index is 11.9. The molecule has 0 saturated carbocycles. The van der Waals surface area contributed by atoms with Gasteiger partial charge >= 0.3 is 0 Å². The summed E-state index contributed by atoms with van der Waals surface area (Å²) in [4.78, 5) is 16.6. The van der Waals surface area contributed by atoms with Gasteiger partial charge in [0.15, 0.2) is 6.29 Å². The Balaban J connectivity index is 2.10. The van der Waals surface area contributed by atoms with Crippen molar-refractivity contribution >= 4 is 17.3 Å². The molecule has 1 aliphatic rings. The Morgan fingerprint density at radius 2 is 2.12 bits per heavy atom. The summed E-state index contributed by atoms with van der Waals surface area (Å²) in [7, 11) is 0. The van der Waals surface area contributed by atoms with Crippen LogP contribution in [0.1, 0.15) is 57.3 Å². The number of hydrogen-bond acceptors (Lipinski definition) is 3. The molecule has 0 aliphatic heterocycles. The molecule has 4 rings (SSSR count). The number of nitriles is 1. The summed E-state index contributed by atoms with van der Waals surface area (Å²) >= 11 is 0. The third kappa shape index (κ3) is 2.27. The zero-order valence-corrected chi connectivity index (χ0v) is 14.4. The van der Waals surface area contributed by atoms with E-state index in [2.05, 4.69) is 24.3 Å². The Hall–Kier alpha value is -2.93. The molecule has 4 nitrogen and oxygen atoms in total. The van der Waals surface area contributed by atoms with Gasteiger partial charge in [0.25, 0.3) is 0 Å². The van der Waals surface area contributed by atoms with Gasteiger partial charge in [0, 0.05) is 11.1 Å². The first-order chi connectivity index (χ1) is 12.2. The molecule has 0 N–H and O–H groups in total. The Bertz CT molecular complexity index is 1040. The van der Waals surface area contributed by atoms with E-state index in [9.17, 15) is 10.1 Å². The number of pyridine rings is 1. The highest BCUT2D eigenvalue weighted by atomic mass is 16.1. The fourth-order valence-electron chi connectivity index (χ4n) is 4.20. The molecule has 1 unspecified atom stereocenters. The topological polar surface area (TPSA) is 58.7 Å². The van der Waals surface area contributed by atoms with Crippen molar-refractivity contribution in [2.45, 2.75) is 39.2 Å². The number of carbonyl (C=O) groups is 1. The lowest BCUT2D eigenvalue weighted by Gasteiger charge is -2.28. The van der Waals surface area contributed by atoms with Crippen LogP contribution in [-0.4, -0.2) is 15.8 Å². The highest BCUT2D eigenvalue weighted by Gasteiger charge is 2.28. The molecular formula is C21H19N3O. The second kappa shape index (κ2) is 5.86. The number of rotatable bonds is 2. The molecule has 1 aromatic carbocycles.